The fraction of sp³-hybridized carbons (Fsp3) is 0.625. The fourth-order valence-corrected chi connectivity index (χ4v) is 1.24. The zero-order valence-electron chi connectivity index (χ0n) is 8.22. The standard InChI is InChI=1S/C8H14F2N4/c1-3-5-7(11)8(14(2)13-5)12-4-6(9)10/h6,12H,3-4,11H2,1-2H3. The van der Waals surface area contributed by atoms with E-state index in [2.05, 4.69) is 10.4 Å². The van der Waals surface area contributed by atoms with Crippen molar-refractivity contribution in [3.8, 4) is 0 Å². The Morgan fingerprint density at radius 3 is 2.64 bits per heavy atom. The van der Waals surface area contributed by atoms with Crippen molar-refractivity contribution in [1.82, 2.24) is 9.78 Å². The van der Waals surface area contributed by atoms with Gasteiger partial charge in [-0.15, -0.1) is 0 Å². The number of nitrogen functional groups attached to an aromatic ring is 1. The second-order valence-corrected chi connectivity index (χ2v) is 2.96. The molecule has 1 rings (SSSR count). The fourth-order valence-electron chi connectivity index (χ4n) is 1.24. The van der Waals surface area contributed by atoms with Gasteiger partial charge >= 0.3 is 0 Å². The second kappa shape index (κ2) is 4.26. The summed E-state index contributed by atoms with van der Waals surface area (Å²) in [6.07, 6.45) is -1.70. The molecule has 0 atom stereocenters. The molecule has 0 aliphatic carbocycles. The van der Waals surface area contributed by atoms with Crippen LogP contribution in [0.4, 0.5) is 20.3 Å². The van der Waals surface area contributed by atoms with Gasteiger partial charge in [0, 0.05) is 7.05 Å². The van der Waals surface area contributed by atoms with Gasteiger partial charge in [0.25, 0.3) is 6.43 Å². The van der Waals surface area contributed by atoms with Gasteiger partial charge in [-0.1, -0.05) is 6.92 Å². The number of nitrogens with two attached hydrogens (primary N) is 1. The highest BCUT2D eigenvalue weighted by Crippen LogP contribution is 2.22. The van der Waals surface area contributed by atoms with Gasteiger partial charge in [0.05, 0.1) is 17.9 Å². The maximum absolute atomic E-state index is 11.9. The van der Waals surface area contributed by atoms with E-state index in [1.807, 2.05) is 6.92 Å². The predicted molar refractivity (Wildman–Crippen MR) is 51.5 cm³/mol. The number of hydrogen-bond donors (Lipinski definition) is 2. The van der Waals surface area contributed by atoms with Crippen LogP contribution in [-0.2, 0) is 13.5 Å². The average molecular weight is 204 g/mol. The second-order valence-electron chi connectivity index (χ2n) is 2.96. The number of alkyl halides is 2. The zero-order chi connectivity index (χ0) is 10.7. The first-order valence-electron chi connectivity index (χ1n) is 4.39. The third-order valence-electron chi connectivity index (χ3n) is 1.92. The summed E-state index contributed by atoms with van der Waals surface area (Å²) in [4.78, 5) is 0. The SMILES string of the molecule is CCc1nn(C)c(NCC(F)F)c1N. The van der Waals surface area contributed by atoms with Crippen LogP contribution < -0.4 is 11.1 Å². The third-order valence-corrected chi connectivity index (χ3v) is 1.92. The summed E-state index contributed by atoms with van der Waals surface area (Å²) < 4.78 is 25.4. The summed E-state index contributed by atoms with van der Waals surface area (Å²) in [7, 11) is 1.67. The molecule has 0 saturated carbocycles. The number of rotatable bonds is 4. The molecule has 1 aromatic heterocycles. The van der Waals surface area contributed by atoms with Crippen LogP contribution in [0.15, 0.2) is 0 Å². The van der Waals surface area contributed by atoms with Crippen LogP contribution in [0.5, 0.6) is 0 Å². The van der Waals surface area contributed by atoms with Gasteiger partial charge in [-0.2, -0.15) is 5.10 Å². The molecule has 0 aromatic carbocycles. The maximum Gasteiger partial charge on any atom is 0.255 e. The molecule has 0 aliphatic rings. The molecule has 80 valence electrons. The van der Waals surface area contributed by atoms with Gasteiger partial charge < -0.3 is 11.1 Å². The van der Waals surface area contributed by atoms with Crippen LogP contribution >= 0.6 is 0 Å². The van der Waals surface area contributed by atoms with Crippen molar-refractivity contribution >= 4 is 11.5 Å². The van der Waals surface area contributed by atoms with Crippen molar-refractivity contribution in [3.63, 3.8) is 0 Å². The Kier molecular flexibility index (Phi) is 3.27. The van der Waals surface area contributed by atoms with Crippen molar-refractivity contribution in [2.24, 2.45) is 7.05 Å². The molecular weight excluding hydrogens is 190 g/mol. The normalized spacial score (nSPS) is 10.9. The Bertz CT molecular complexity index is 309. The van der Waals surface area contributed by atoms with Crippen LogP contribution in [-0.4, -0.2) is 22.8 Å². The van der Waals surface area contributed by atoms with Gasteiger partial charge in [0.15, 0.2) is 0 Å². The minimum atomic E-state index is -2.39. The number of nitrogens with zero attached hydrogens (tertiary/aromatic N) is 2. The van der Waals surface area contributed by atoms with Crippen LogP contribution in [0.1, 0.15) is 12.6 Å². The molecule has 6 heteroatoms. The smallest absolute Gasteiger partial charge is 0.255 e. The molecule has 4 nitrogen and oxygen atoms in total. The van der Waals surface area contributed by atoms with E-state index in [0.29, 0.717) is 17.9 Å². The molecule has 0 amide bonds. The Morgan fingerprint density at radius 1 is 1.57 bits per heavy atom. The monoisotopic (exact) mass is 204 g/mol. The van der Waals surface area contributed by atoms with Gasteiger partial charge in [0.1, 0.15) is 5.82 Å². The predicted octanol–water partition coefficient (Wildman–Crippen LogP) is 1.24. The summed E-state index contributed by atoms with van der Waals surface area (Å²) in [5.74, 6) is 0.460. The molecule has 0 radical (unpaired) electrons. The van der Waals surface area contributed by atoms with Crippen molar-refractivity contribution in [1.29, 1.82) is 0 Å². The molecule has 1 heterocycles. The molecule has 14 heavy (non-hydrogen) atoms. The topological polar surface area (TPSA) is 55.9 Å². The molecule has 1 aromatic rings. The minimum Gasteiger partial charge on any atom is -0.394 e. The Morgan fingerprint density at radius 2 is 2.21 bits per heavy atom. The Hall–Kier alpha value is -1.33. The first kappa shape index (κ1) is 10.7. The summed E-state index contributed by atoms with van der Waals surface area (Å²) in [5, 5.41) is 6.65. The summed E-state index contributed by atoms with van der Waals surface area (Å²) in [6, 6.07) is 0. The van der Waals surface area contributed by atoms with E-state index in [1.165, 1.54) is 4.68 Å². The van der Waals surface area contributed by atoms with Gasteiger partial charge in [-0.25, -0.2) is 8.78 Å². The lowest BCUT2D eigenvalue weighted by molar-refractivity contribution is 0.163. The minimum absolute atomic E-state index is 0.410. The highest BCUT2D eigenvalue weighted by Gasteiger charge is 2.12. The largest absolute Gasteiger partial charge is 0.394 e. The van der Waals surface area contributed by atoms with Gasteiger partial charge in [-0.3, -0.25) is 4.68 Å². The molecular formula is C8H14F2N4. The van der Waals surface area contributed by atoms with Gasteiger partial charge in [0.2, 0.25) is 0 Å². The average Bonchev–Trinajstić information content (AvgIpc) is 2.39. The van der Waals surface area contributed by atoms with Crippen LogP contribution in [0, 0.1) is 0 Å². The number of hydrogen-bond acceptors (Lipinski definition) is 3. The first-order valence-corrected chi connectivity index (χ1v) is 4.39. The first-order chi connectivity index (χ1) is 6.56. The molecule has 0 unspecified atom stereocenters. The van der Waals surface area contributed by atoms with Crippen LogP contribution in [0.3, 0.4) is 0 Å². The van der Waals surface area contributed by atoms with Gasteiger partial charge in [-0.05, 0) is 6.42 Å². The number of aryl methyl sites for hydroxylation is 2. The lowest BCUT2D eigenvalue weighted by Crippen LogP contribution is -2.13. The van der Waals surface area contributed by atoms with E-state index < -0.39 is 13.0 Å². The Labute approximate surface area is 81.1 Å². The Balaban J connectivity index is 2.80. The highest BCUT2D eigenvalue weighted by molar-refractivity contribution is 5.64. The van der Waals surface area contributed by atoms with Crippen molar-refractivity contribution < 1.29 is 8.78 Å². The molecule has 3 N–H and O–H groups in total. The number of nitrogens with one attached hydrogen (secondary N) is 1. The van der Waals surface area contributed by atoms with E-state index >= 15 is 0 Å². The quantitative estimate of drug-likeness (QED) is 0.775. The third kappa shape index (κ3) is 2.12. The van der Waals surface area contributed by atoms with E-state index in [1.54, 1.807) is 7.05 Å². The van der Waals surface area contributed by atoms with E-state index in [4.69, 9.17) is 5.73 Å². The highest BCUT2D eigenvalue weighted by atomic mass is 19.3. The number of anilines is 2. The van der Waals surface area contributed by atoms with E-state index in [-0.39, 0.29) is 0 Å². The van der Waals surface area contributed by atoms with E-state index in [0.717, 1.165) is 5.69 Å². The van der Waals surface area contributed by atoms with Crippen molar-refractivity contribution in [3.05, 3.63) is 5.69 Å². The molecule has 0 aliphatic heterocycles. The van der Waals surface area contributed by atoms with Crippen molar-refractivity contribution in [2.45, 2.75) is 19.8 Å². The van der Waals surface area contributed by atoms with Crippen LogP contribution in [0.2, 0.25) is 0 Å². The molecule has 0 bridgehead atoms. The summed E-state index contributed by atoms with van der Waals surface area (Å²) in [5.41, 5.74) is 6.89. The lowest BCUT2D eigenvalue weighted by atomic mass is 10.3. The maximum atomic E-state index is 11.9. The number of aromatic nitrogens is 2. The summed E-state index contributed by atoms with van der Waals surface area (Å²) in [6.45, 7) is 1.50. The van der Waals surface area contributed by atoms with Crippen LogP contribution in [0.25, 0.3) is 0 Å². The number of halogens is 2. The molecule has 0 saturated heterocycles. The van der Waals surface area contributed by atoms with Crippen molar-refractivity contribution in [2.75, 3.05) is 17.6 Å². The zero-order valence-corrected chi connectivity index (χ0v) is 8.22. The molecule has 0 spiro atoms. The molecule has 0 fully saturated rings. The summed E-state index contributed by atoms with van der Waals surface area (Å²) >= 11 is 0. The van der Waals surface area contributed by atoms with E-state index in [9.17, 15) is 8.78 Å². The lowest BCUT2D eigenvalue weighted by Gasteiger charge is -2.06.